The fourth-order valence-corrected chi connectivity index (χ4v) is 3.53. The van der Waals surface area contributed by atoms with Gasteiger partial charge in [-0.25, -0.2) is 13.1 Å². The summed E-state index contributed by atoms with van der Waals surface area (Å²) in [4.78, 5) is 0.775. The van der Waals surface area contributed by atoms with Crippen molar-refractivity contribution in [1.29, 1.82) is 0 Å². The fraction of sp³-hybridized carbons (Fsp3) is 0.429. The molecule has 1 aliphatic heterocycles. The lowest BCUT2D eigenvalue weighted by molar-refractivity contribution is -0.0435. The molecule has 1 saturated heterocycles. The molecule has 1 unspecified atom stereocenters. The molecular weight excluding hydrogens is 361 g/mol. The zero-order valence-corrected chi connectivity index (χ0v) is 13.9. The number of benzene rings is 1. The van der Waals surface area contributed by atoms with Crippen molar-refractivity contribution in [2.45, 2.75) is 29.5 Å². The lowest BCUT2D eigenvalue weighted by Gasteiger charge is -2.41. The van der Waals surface area contributed by atoms with Crippen LogP contribution in [-0.4, -0.2) is 47.1 Å². The molecule has 0 amide bonds. The van der Waals surface area contributed by atoms with E-state index in [0.29, 0.717) is 5.69 Å². The number of sulfone groups is 1. The third-order valence-electron chi connectivity index (χ3n) is 3.99. The SMILES string of the molecule is CC(O)c1cn(C2CN(c3ccccc3S(=O)(=O)C(F)(F)F)C2)nn1. The van der Waals surface area contributed by atoms with Crippen LogP contribution in [-0.2, 0) is 9.84 Å². The lowest BCUT2D eigenvalue weighted by atomic mass is 10.1. The van der Waals surface area contributed by atoms with E-state index in [0.717, 1.165) is 6.07 Å². The van der Waals surface area contributed by atoms with Crippen molar-refractivity contribution in [3.8, 4) is 0 Å². The van der Waals surface area contributed by atoms with Gasteiger partial charge in [0.05, 0.1) is 28.9 Å². The summed E-state index contributed by atoms with van der Waals surface area (Å²) in [5.74, 6) is 0. The Morgan fingerprint density at radius 3 is 2.48 bits per heavy atom. The Hall–Kier alpha value is -2.14. The van der Waals surface area contributed by atoms with Gasteiger partial charge in [0.2, 0.25) is 0 Å². The molecule has 0 aliphatic carbocycles. The molecule has 1 fully saturated rings. The van der Waals surface area contributed by atoms with Gasteiger partial charge in [-0.3, -0.25) is 0 Å². The summed E-state index contributed by atoms with van der Waals surface area (Å²) in [5.41, 5.74) is -4.96. The van der Waals surface area contributed by atoms with Gasteiger partial charge in [0, 0.05) is 13.1 Å². The molecule has 3 rings (SSSR count). The quantitative estimate of drug-likeness (QED) is 0.874. The number of aromatic nitrogens is 3. The van der Waals surface area contributed by atoms with Crippen molar-refractivity contribution in [1.82, 2.24) is 15.0 Å². The predicted octanol–water partition coefficient (Wildman–Crippen LogP) is 1.69. The number of nitrogens with zero attached hydrogens (tertiary/aromatic N) is 4. The highest BCUT2D eigenvalue weighted by Crippen LogP contribution is 2.38. The van der Waals surface area contributed by atoms with Crippen LogP contribution in [0.4, 0.5) is 18.9 Å². The maximum absolute atomic E-state index is 12.9. The molecule has 0 saturated carbocycles. The monoisotopic (exact) mass is 376 g/mol. The molecule has 7 nitrogen and oxygen atoms in total. The smallest absolute Gasteiger partial charge is 0.387 e. The van der Waals surface area contributed by atoms with Crippen molar-refractivity contribution >= 4 is 15.5 Å². The Morgan fingerprint density at radius 2 is 1.92 bits per heavy atom. The van der Waals surface area contributed by atoms with E-state index in [1.54, 1.807) is 13.1 Å². The molecule has 1 atom stereocenters. The predicted molar refractivity (Wildman–Crippen MR) is 81.6 cm³/mol. The van der Waals surface area contributed by atoms with E-state index in [1.807, 2.05) is 0 Å². The summed E-state index contributed by atoms with van der Waals surface area (Å²) < 4.78 is 63.6. The van der Waals surface area contributed by atoms with E-state index in [-0.39, 0.29) is 24.8 Å². The second-order valence-electron chi connectivity index (χ2n) is 5.78. The van der Waals surface area contributed by atoms with Crippen LogP contribution < -0.4 is 4.90 Å². The fourth-order valence-electron chi connectivity index (χ4n) is 2.55. The van der Waals surface area contributed by atoms with Crippen molar-refractivity contribution in [3.63, 3.8) is 0 Å². The van der Waals surface area contributed by atoms with E-state index >= 15 is 0 Å². The highest BCUT2D eigenvalue weighted by atomic mass is 32.2. The zero-order chi connectivity index (χ0) is 18.4. The molecule has 0 bridgehead atoms. The topological polar surface area (TPSA) is 88.3 Å². The van der Waals surface area contributed by atoms with Crippen molar-refractivity contribution in [2.24, 2.45) is 0 Å². The van der Waals surface area contributed by atoms with Crippen LogP contribution in [0.25, 0.3) is 0 Å². The number of hydrogen-bond donors (Lipinski definition) is 1. The maximum Gasteiger partial charge on any atom is 0.501 e. The average Bonchev–Trinajstić information content (AvgIpc) is 2.94. The first-order valence-electron chi connectivity index (χ1n) is 7.36. The van der Waals surface area contributed by atoms with Crippen LogP contribution >= 0.6 is 0 Å². The van der Waals surface area contributed by atoms with Crippen LogP contribution in [0.1, 0.15) is 24.8 Å². The molecule has 1 aromatic heterocycles. The summed E-state index contributed by atoms with van der Waals surface area (Å²) in [6.45, 7) is 2.11. The molecular formula is C14H15F3N4O3S. The van der Waals surface area contributed by atoms with Crippen LogP contribution in [0.2, 0.25) is 0 Å². The van der Waals surface area contributed by atoms with Gasteiger partial charge >= 0.3 is 5.51 Å². The molecule has 25 heavy (non-hydrogen) atoms. The number of aliphatic hydroxyl groups is 1. The highest BCUT2D eigenvalue weighted by molar-refractivity contribution is 7.92. The van der Waals surface area contributed by atoms with Gasteiger partial charge in [-0.05, 0) is 19.1 Å². The first-order chi connectivity index (χ1) is 11.6. The van der Waals surface area contributed by atoms with Gasteiger partial charge in [0.15, 0.2) is 0 Å². The van der Waals surface area contributed by atoms with Gasteiger partial charge in [-0.15, -0.1) is 5.10 Å². The van der Waals surface area contributed by atoms with Gasteiger partial charge in [-0.2, -0.15) is 13.2 Å². The third kappa shape index (κ3) is 3.09. The molecule has 11 heteroatoms. The van der Waals surface area contributed by atoms with E-state index in [2.05, 4.69) is 10.3 Å². The molecule has 136 valence electrons. The maximum atomic E-state index is 12.9. The van der Waals surface area contributed by atoms with Gasteiger partial charge in [0.25, 0.3) is 9.84 Å². The number of rotatable bonds is 4. The molecule has 2 heterocycles. The second kappa shape index (κ2) is 5.99. The van der Waals surface area contributed by atoms with Gasteiger partial charge in [0.1, 0.15) is 5.69 Å². The Balaban J connectivity index is 1.82. The van der Waals surface area contributed by atoms with Crippen molar-refractivity contribution < 1.29 is 26.7 Å². The van der Waals surface area contributed by atoms with Crippen LogP contribution in [0.3, 0.4) is 0 Å². The van der Waals surface area contributed by atoms with Crippen LogP contribution in [0.15, 0.2) is 35.4 Å². The van der Waals surface area contributed by atoms with Crippen LogP contribution in [0, 0.1) is 0 Å². The summed E-state index contributed by atoms with van der Waals surface area (Å²) in [7, 11) is -5.43. The molecule has 0 spiro atoms. The Kier molecular flexibility index (Phi) is 4.23. The minimum Gasteiger partial charge on any atom is -0.387 e. The minimum atomic E-state index is -5.43. The summed E-state index contributed by atoms with van der Waals surface area (Å²) in [6, 6.07) is 4.87. The number of alkyl halides is 3. The molecule has 0 radical (unpaired) electrons. The van der Waals surface area contributed by atoms with Crippen molar-refractivity contribution in [3.05, 3.63) is 36.2 Å². The number of hydrogen-bond acceptors (Lipinski definition) is 6. The third-order valence-corrected chi connectivity index (χ3v) is 5.53. The number of halogens is 3. The summed E-state index contributed by atoms with van der Waals surface area (Å²) in [5, 5.41) is 17.1. The van der Waals surface area contributed by atoms with E-state index in [9.17, 15) is 26.7 Å². The van der Waals surface area contributed by atoms with E-state index < -0.39 is 26.3 Å². The van der Waals surface area contributed by atoms with E-state index in [4.69, 9.17) is 0 Å². The largest absolute Gasteiger partial charge is 0.501 e. The highest BCUT2D eigenvalue weighted by Gasteiger charge is 2.49. The number of aliphatic hydroxyl groups excluding tert-OH is 1. The summed E-state index contributed by atoms with van der Waals surface area (Å²) in [6.07, 6.45) is 0.785. The molecule has 1 aromatic carbocycles. The first-order valence-corrected chi connectivity index (χ1v) is 8.84. The normalized spacial score (nSPS) is 17.4. The Bertz CT molecular complexity index is 873. The van der Waals surface area contributed by atoms with Gasteiger partial charge < -0.3 is 10.0 Å². The molecule has 1 aliphatic rings. The standard InChI is InChI=1S/C14H15F3N4O3S/c1-9(22)11-8-21(19-18-11)10-6-20(7-10)12-4-2-3-5-13(12)25(23,24)14(15,16)17/h2-5,8-10,22H,6-7H2,1H3. The molecule has 2 aromatic rings. The number of para-hydroxylation sites is 1. The molecule has 1 N–H and O–H groups in total. The zero-order valence-electron chi connectivity index (χ0n) is 13.1. The minimum absolute atomic E-state index is 0.00643. The van der Waals surface area contributed by atoms with Crippen LogP contribution in [0.5, 0.6) is 0 Å². The first kappa shape index (κ1) is 17.7. The second-order valence-corrected chi connectivity index (χ2v) is 7.68. The summed E-state index contributed by atoms with van der Waals surface area (Å²) >= 11 is 0. The average molecular weight is 376 g/mol. The van der Waals surface area contributed by atoms with Gasteiger partial charge in [-0.1, -0.05) is 17.3 Å². The Morgan fingerprint density at radius 1 is 1.28 bits per heavy atom. The van der Waals surface area contributed by atoms with E-state index in [1.165, 1.54) is 27.8 Å². The number of anilines is 1. The Labute approximate surface area is 141 Å². The lowest BCUT2D eigenvalue weighted by Crippen LogP contribution is -2.48. The van der Waals surface area contributed by atoms with Crippen molar-refractivity contribution in [2.75, 3.05) is 18.0 Å².